The molecule has 0 radical (unpaired) electrons. The Balaban J connectivity index is 1.49. The van der Waals surface area contributed by atoms with Gasteiger partial charge in [0.25, 0.3) is 5.91 Å². The Morgan fingerprint density at radius 2 is 2.08 bits per heavy atom. The molecule has 0 aromatic carbocycles. The van der Waals surface area contributed by atoms with Gasteiger partial charge in [0.2, 0.25) is 0 Å². The van der Waals surface area contributed by atoms with Gasteiger partial charge in [-0.1, -0.05) is 0 Å². The molecule has 0 bridgehead atoms. The van der Waals surface area contributed by atoms with E-state index in [-0.39, 0.29) is 11.9 Å². The number of rotatable bonds is 2. The SMILES string of the molecule is O=C(c1cscn1)N1C[C@H]2CCc3nnc(-c4ccncc4)n3[C@H]2C1. The lowest BCUT2D eigenvalue weighted by Crippen LogP contribution is -2.29. The van der Waals surface area contributed by atoms with Crippen LogP contribution in [-0.2, 0) is 6.42 Å². The normalized spacial score (nSPS) is 21.8. The molecule has 126 valence electrons. The molecular formula is C17H16N6OS. The van der Waals surface area contributed by atoms with Crippen LogP contribution in [0.15, 0.2) is 35.4 Å². The molecule has 3 aromatic rings. The van der Waals surface area contributed by atoms with Crippen molar-refractivity contribution >= 4 is 17.2 Å². The maximum Gasteiger partial charge on any atom is 0.273 e. The lowest BCUT2D eigenvalue weighted by atomic mass is 9.93. The monoisotopic (exact) mass is 352 g/mol. The molecule has 2 aliphatic heterocycles. The molecule has 5 rings (SSSR count). The molecule has 2 atom stereocenters. The molecule has 0 saturated carbocycles. The molecule has 1 saturated heterocycles. The molecule has 1 fully saturated rings. The summed E-state index contributed by atoms with van der Waals surface area (Å²) in [4.78, 5) is 22.9. The fraction of sp³-hybridized carbons (Fsp3) is 0.353. The average Bonchev–Trinajstić information content (AvgIpc) is 3.39. The average molecular weight is 352 g/mol. The van der Waals surface area contributed by atoms with Gasteiger partial charge in [-0.2, -0.15) is 0 Å². The van der Waals surface area contributed by atoms with Gasteiger partial charge < -0.3 is 9.47 Å². The summed E-state index contributed by atoms with van der Waals surface area (Å²) in [7, 11) is 0. The molecule has 3 aromatic heterocycles. The van der Waals surface area contributed by atoms with Crippen molar-refractivity contribution in [1.82, 2.24) is 29.6 Å². The second-order valence-corrected chi connectivity index (χ2v) is 7.21. The van der Waals surface area contributed by atoms with Crippen molar-refractivity contribution in [3.05, 3.63) is 46.9 Å². The number of carbonyl (C=O) groups excluding carboxylic acids is 1. The minimum absolute atomic E-state index is 0.0238. The number of likely N-dealkylation sites (tertiary alicyclic amines) is 1. The van der Waals surface area contributed by atoms with E-state index in [1.54, 1.807) is 17.9 Å². The summed E-state index contributed by atoms with van der Waals surface area (Å²) >= 11 is 1.45. The number of aromatic nitrogens is 5. The van der Waals surface area contributed by atoms with Crippen LogP contribution in [0.1, 0.15) is 28.8 Å². The number of hydrogen-bond acceptors (Lipinski definition) is 6. The van der Waals surface area contributed by atoms with Crippen LogP contribution in [0.5, 0.6) is 0 Å². The Morgan fingerprint density at radius 1 is 1.20 bits per heavy atom. The lowest BCUT2D eigenvalue weighted by Gasteiger charge is -2.27. The summed E-state index contributed by atoms with van der Waals surface area (Å²) in [5.74, 6) is 2.34. The van der Waals surface area contributed by atoms with Crippen LogP contribution in [0.3, 0.4) is 0 Å². The molecule has 0 spiro atoms. The number of carbonyl (C=O) groups is 1. The van der Waals surface area contributed by atoms with Gasteiger partial charge >= 0.3 is 0 Å². The number of nitrogens with zero attached hydrogens (tertiary/aromatic N) is 6. The predicted molar refractivity (Wildman–Crippen MR) is 92.1 cm³/mol. The highest BCUT2D eigenvalue weighted by Crippen LogP contribution is 2.39. The summed E-state index contributed by atoms with van der Waals surface area (Å²) in [6, 6.07) is 4.13. The zero-order valence-corrected chi connectivity index (χ0v) is 14.3. The second-order valence-electron chi connectivity index (χ2n) is 6.50. The van der Waals surface area contributed by atoms with Crippen molar-refractivity contribution < 1.29 is 4.79 Å². The Bertz CT molecular complexity index is 907. The molecule has 5 heterocycles. The first kappa shape index (κ1) is 14.7. The van der Waals surface area contributed by atoms with Crippen LogP contribution >= 0.6 is 11.3 Å². The van der Waals surface area contributed by atoms with E-state index in [0.29, 0.717) is 18.2 Å². The van der Waals surface area contributed by atoms with E-state index in [1.807, 2.05) is 22.4 Å². The Kier molecular flexibility index (Phi) is 3.37. The fourth-order valence-corrected chi connectivity index (χ4v) is 4.46. The summed E-state index contributed by atoms with van der Waals surface area (Å²) in [6.07, 6.45) is 5.48. The summed E-state index contributed by atoms with van der Waals surface area (Å²) < 4.78 is 2.23. The third-order valence-electron chi connectivity index (χ3n) is 5.12. The molecule has 1 amide bonds. The van der Waals surface area contributed by atoms with Gasteiger partial charge in [-0.3, -0.25) is 9.78 Å². The lowest BCUT2D eigenvalue weighted by molar-refractivity contribution is 0.0779. The fourth-order valence-electron chi connectivity index (χ4n) is 3.93. The number of aryl methyl sites for hydroxylation is 1. The summed E-state index contributed by atoms with van der Waals surface area (Å²) in [5, 5.41) is 10.6. The Labute approximate surface area is 148 Å². The minimum atomic E-state index is 0.0238. The number of hydrogen-bond donors (Lipinski definition) is 0. The van der Waals surface area contributed by atoms with Gasteiger partial charge in [0.1, 0.15) is 11.5 Å². The second kappa shape index (κ2) is 5.73. The summed E-state index contributed by atoms with van der Waals surface area (Å²) in [5.41, 5.74) is 3.26. The van der Waals surface area contributed by atoms with Gasteiger partial charge in [-0.15, -0.1) is 21.5 Å². The van der Waals surface area contributed by atoms with E-state index in [4.69, 9.17) is 0 Å². The van der Waals surface area contributed by atoms with Crippen LogP contribution in [-0.4, -0.2) is 48.6 Å². The number of fused-ring (bicyclic) bond motifs is 3. The van der Waals surface area contributed by atoms with Gasteiger partial charge in [0, 0.05) is 42.8 Å². The van der Waals surface area contributed by atoms with Crippen molar-refractivity contribution in [2.24, 2.45) is 5.92 Å². The van der Waals surface area contributed by atoms with Crippen LogP contribution in [0.2, 0.25) is 0 Å². The molecule has 2 aliphatic rings. The maximum atomic E-state index is 12.7. The van der Waals surface area contributed by atoms with Gasteiger partial charge in [-0.25, -0.2) is 4.98 Å². The van der Waals surface area contributed by atoms with Crippen LogP contribution < -0.4 is 0 Å². The predicted octanol–water partition coefficient (Wildman–Crippen LogP) is 2.06. The minimum Gasteiger partial charge on any atom is -0.335 e. The maximum absolute atomic E-state index is 12.7. The first-order valence-corrected chi connectivity index (χ1v) is 9.27. The number of pyridine rings is 1. The van der Waals surface area contributed by atoms with E-state index < -0.39 is 0 Å². The highest BCUT2D eigenvalue weighted by atomic mass is 32.1. The molecule has 0 unspecified atom stereocenters. The van der Waals surface area contributed by atoms with Crippen molar-refractivity contribution in [3.8, 4) is 11.4 Å². The molecule has 0 aliphatic carbocycles. The van der Waals surface area contributed by atoms with Gasteiger partial charge in [0.05, 0.1) is 11.6 Å². The zero-order chi connectivity index (χ0) is 16.8. The first-order valence-electron chi connectivity index (χ1n) is 8.33. The zero-order valence-electron chi connectivity index (χ0n) is 13.4. The van der Waals surface area contributed by atoms with E-state index in [0.717, 1.165) is 36.6 Å². The quantitative estimate of drug-likeness (QED) is 0.705. The number of amides is 1. The van der Waals surface area contributed by atoms with Crippen molar-refractivity contribution in [1.29, 1.82) is 0 Å². The molecule has 0 N–H and O–H groups in total. The van der Waals surface area contributed by atoms with E-state index in [2.05, 4.69) is 24.7 Å². The molecule has 25 heavy (non-hydrogen) atoms. The molecule has 7 nitrogen and oxygen atoms in total. The standard InChI is InChI=1S/C17H16N6OS/c24-17(13-9-25-10-19-13)22-7-12-1-2-15-20-21-16(23(15)14(12)8-22)11-3-5-18-6-4-11/h3-6,9-10,12,14H,1-2,7-8H2/t12-,14+/m1/s1. The van der Waals surface area contributed by atoms with E-state index in [9.17, 15) is 4.79 Å². The van der Waals surface area contributed by atoms with Crippen LogP contribution in [0.4, 0.5) is 0 Å². The molecule has 8 heteroatoms. The topological polar surface area (TPSA) is 76.8 Å². The largest absolute Gasteiger partial charge is 0.335 e. The third kappa shape index (κ3) is 2.36. The van der Waals surface area contributed by atoms with E-state index >= 15 is 0 Å². The van der Waals surface area contributed by atoms with Gasteiger partial charge in [0.15, 0.2) is 5.82 Å². The molecular weight excluding hydrogens is 336 g/mol. The van der Waals surface area contributed by atoms with E-state index in [1.165, 1.54) is 11.3 Å². The van der Waals surface area contributed by atoms with Crippen LogP contribution in [0, 0.1) is 5.92 Å². The van der Waals surface area contributed by atoms with Crippen LogP contribution in [0.25, 0.3) is 11.4 Å². The number of thiazole rings is 1. The highest BCUT2D eigenvalue weighted by Gasteiger charge is 2.41. The summed E-state index contributed by atoms with van der Waals surface area (Å²) in [6.45, 7) is 1.46. The third-order valence-corrected chi connectivity index (χ3v) is 5.71. The van der Waals surface area contributed by atoms with Gasteiger partial charge in [-0.05, 0) is 24.5 Å². The highest BCUT2D eigenvalue weighted by molar-refractivity contribution is 7.07. The van der Waals surface area contributed by atoms with Crippen molar-refractivity contribution in [2.45, 2.75) is 18.9 Å². The Hall–Kier alpha value is -2.61. The first-order chi connectivity index (χ1) is 12.3. The van der Waals surface area contributed by atoms with Crippen molar-refractivity contribution in [2.75, 3.05) is 13.1 Å². The smallest absolute Gasteiger partial charge is 0.273 e. The Morgan fingerprint density at radius 3 is 2.88 bits per heavy atom. The van der Waals surface area contributed by atoms with Crippen molar-refractivity contribution in [3.63, 3.8) is 0 Å².